The van der Waals surface area contributed by atoms with Crippen LogP contribution in [-0.2, 0) is 16.2 Å². The molecule has 3 aromatic rings. The number of ether oxygens (including phenoxy) is 1. The number of amides is 3. The van der Waals surface area contributed by atoms with Gasteiger partial charge < -0.3 is 15.0 Å². The van der Waals surface area contributed by atoms with Gasteiger partial charge in [-0.3, -0.25) is 9.69 Å². The smallest absolute Gasteiger partial charge is 0.323 e. The number of methoxy groups -OCH3 is 1. The zero-order valence-electron chi connectivity index (χ0n) is 18.8. The Balaban J connectivity index is 1.55. The molecule has 1 fully saturated rings. The Bertz CT molecular complexity index is 1370. The highest BCUT2D eigenvalue weighted by molar-refractivity contribution is 8.01. The number of thioether (sulfide) groups is 1. The number of fused-ring (bicyclic) bond motifs is 2. The summed E-state index contributed by atoms with van der Waals surface area (Å²) in [6.07, 6.45) is 0. The molecular formula is C26H21FN4O3S. The maximum absolute atomic E-state index is 14.1. The van der Waals surface area contributed by atoms with Crippen LogP contribution in [0.15, 0.2) is 66.7 Å². The van der Waals surface area contributed by atoms with Crippen LogP contribution in [0.4, 0.5) is 20.6 Å². The van der Waals surface area contributed by atoms with E-state index in [-0.39, 0.29) is 12.5 Å². The van der Waals surface area contributed by atoms with Gasteiger partial charge in [-0.25, -0.2) is 9.18 Å². The largest absolute Gasteiger partial charge is 0.497 e. The molecule has 7 nitrogen and oxygen atoms in total. The van der Waals surface area contributed by atoms with Gasteiger partial charge in [0.25, 0.3) is 5.91 Å². The molecule has 2 aliphatic rings. The van der Waals surface area contributed by atoms with Crippen molar-refractivity contribution in [1.29, 1.82) is 5.26 Å². The van der Waals surface area contributed by atoms with Crippen molar-refractivity contribution in [2.75, 3.05) is 29.6 Å². The van der Waals surface area contributed by atoms with E-state index in [0.29, 0.717) is 40.5 Å². The van der Waals surface area contributed by atoms with E-state index in [0.717, 1.165) is 5.56 Å². The number of benzene rings is 3. The molecule has 5 rings (SSSR count). The van der Waals surface area contributed by atoms with Crippen molar-refractivity contribution in [2.24, 2.45) is 0 Å². The minimum atomic E-state index is -1.28. The first kappa shape index (κ1) is 22.7. The van der Waals surface area contributed by atoms with Crippen LogP contribution in [0.2, 0.25) is 0 Å². The van der Waals surface area contributed by atoms with Crippen molar-refractivity contribution < 1.29 is 18.7 Å². The number of nitriles is 1. The summed E-state index contributed by atoms with van der Waals surface area (Å²) < 4.78 is 19.1. The highest BCUT2D eigenvalue weighted by atomic mass is 32.2. The molecule has 1 saturated heterocycles. The van der Waals surface area contributed by atoms with Crippen molar-refractivity contribution in [2.45, 2.75) is 11.4 Å². The van der Waals surface area contributed by atoms with Crippen LogP contribution in [0.5, 0.6) is 5.75 Å². The van der Waals surface area contributed by atoms with E-state index in [2.05, 4.69) is 11.4 Å². The van der Waals surface area contributed by atoms with Gasteiger partial charge in [-0.1, -0.05) is 18.2 Å². The molecule has 9 heteroatoms. The molecule has 176 valence electrons. The Kier molecular flexibility index (Phi) is 5.83. The van der Waals surface area contributed by atoms with E-state index in [1.807, 2.05) is 12.1 Å². The molecule has 0 unspecified atom stereocenters. The molecule has 3 amide bonds. The van der Waals surface area contributed by atoms with Crippen molar-refractivity contribution >= 4 is 35.1 Å². The van der Waals surface area contributed by atoms with Gasteiger partial charge in [-0.05, 0) is 54.1 Å². The minimum absolute atomic E-state index is 0.245. The second-order valence-corrected chi connectivity index (χ2v) is 9.46. The Morgan fingerprint density at radius 2 is 2.03 bits per heavy atom. The molecule has 2 aliphatic heterocycles. The zero-order valence-corrected chi connectivity index (χ0v) is 19.6. The van der Waals surface area contributed by atoms with Crippen LogP contribution in [0.25, 0.3) is 0 Å². The van der Waals surface area contributed by atoms with Gasteiger partial charge in [0.1, 0.15) is 11.6 Å². The molecule has 1 N–H and O–H groups in total. The third-order valence-corrected chi connectivity index (χ3v) is 7.54. The highest BCUT2D eigenvalue weighted by Gasteiger charge is 2.59. The third-order valence-electron chi connectivity index (χ3n) is 6.12. The minimum Gasteiger partial charge on any atom is -0.497 e. The molecule has 3 aromatic carbocycles. The van der Waals surface area contributed by atoms with Gasteiger partial charge in [-0.2, -0.15) is 5.26 Å². The molecule has 1 spiro atoms. The second-order valence-electron chi connectivity index (χ2n) is 8.17. The van der Waals surface area contributed by atoms with Crippen LogP contribution in [0.1, 0.15) is 16.7 Å². The maximum atomic E-state index is 14.1. The van der Waals surface area contributed by atoms with Gasteiger partial charge >= 0.3 is 6.03 Å². The Morgan fingerprint density at radius 3 is 2.80 bits per heavy atom. The fraction of sp³-hybridized carbons (Fsp3) is 0.192. The molecule has 0 bridgehead atoms. The monoisotopic (exact) mass is 488 g/mol. The van der Waals surface area contributed by atoms with E-state index in [1.54, 1.807) is 48.4 Å². The fourth-order valence-electron chi connectivity index (χ4n) is 4.56. The summed E-state index contributed by atoms with van der Waals surface area (Å²) in [6.45, 7) is 0.585. The van der Waals surface area contributed by atoms with E-state index >= 15 is 0 Å². The number of anilines is 2. The predicted molar refractivity (Wildman–Crippen MR) is 132 cm³/mol. The lowest BCUT2D eigenvalue weighted by atomic mass is 10.1. The van der Waals surface area contributed by atoms with E-state index in [4.69, 9.17) is 4.74 Å². The van der Waals surface area contributed by atoms with Gasteiger partial charge in [0.2, 0.25) is 0 Å². The van der Waals surface area contributed by atoms with Crippen LogP contribution in [0.3, 0.4) is 0 Å². The van der Waals surface area contributed by atoms with Crippen molar-refractivity contribution in [1.82, 2.24) is 4.90 Å². The molecule has 0 radical (unpaired) electrons. The quantitative estimate of drug-likeness (QED) is 0.576. The number of nitrogens with one attached hydrogen (secondary N) is 1. The maximum Gasteiger partial charge on any atom is 0.323 e. The Labute approximate surface area is 206 Å². The summed E-state index contributed by atoms with van der Waals surface area (Å²) in [6, 6.07) is 19.8. The average Bonchev–Trinajstić information content (AvgIpc) is 3.41. The highest BCUT2D eigenvalue weighted by Crippen LogP contribution is 2.55. The number of rotatable bonds is 4. The topological polar surface area (TPSA) is 85.7 Å². The third kappa shape index (κ3) is 3.86. The first-order chi connectivity index (χ1) is 17.0. The molecule has 0 saturated carbocycles. The number of urea groups is 1. The lowest BCUT2D eigenvalue weighted by Gasteiger charge is -2.33. The summed E-state index contributed by atoms with van der Waals surface area (Å²) in [4.78, 5) is 29.3. The summed E-state index contributed by atoms with van der Waals surface area (Å²) in [5.74, 6) is 0.407. The van der Waals surface area contributed by atoms with E-state index < -0.39 is 16.7 Å². The van der Waals surface area contributed by atoms with Gasteiger partial charge in [0, 0.05) is 23.5 Å². The van der Waals surface area contributed by atoms with Gasteiger partial charge in [0.15, 0.2) is 4.87 Å². The number of hydrogen-bond donors (Lipinski definition) is 1. The molecule has 35 heavy (non-hydrogen) atoms. The van der Waals surface area contributed by atoms with Crippen LogP contribution >= 0.6 is 11.8 Å². The predicted octanol–water partition coefficient (Wildman–Crippen LogP) is 4.69. The number of carbonyl (C=O) groups excluding carboxylic acids is 2. The second kappa shape index (κ2) is 8.96. The van der Waals surface area contributed by atoms with Crippen LogP contribution in [-0.4, -0.2) is 36.2 Å². The van der Waals surface area contributed by atoms with Crippen LogP contribution < -0.4 is 15.0 Å². The van der Waals surface area contributed by atoms with Crippen LogP contribution in [0, 0.1) is 17.1 Å². The fourth-order valence-corrected chi connectivity index (χ4v) is 6.01. The lowest BCUT2D eigenvalue weighted by Crippen LogP contribution is -2.51. The Hall–Kier alpha value is -4.03. The van der Waals surface area contributed by atoms with Crippen molar-refractivity contribution in [3.05, 3.63) is 89.2 Å². The van der Waals surface area contributed by atoms with Crippen molar-refractivity contribution in [3.8, 4) is 11.8 Å². The molecule has 1 atom stereocenters. The standard InChI is InChI=1S/C26H21FN4O3S/c1-34-21-8-9-23-22(14-21)26(24(32)30(23)16-18-5-2-4-17(12-18)15-28)31(10-11-35-26)25(33)29-20-7-3-6-19(27)13-20/h2-9,12-14H,10-11,16H2,1H3,(H,29,33)/t26-/m0/s1. The normalized spacial score (nSPS) is 18.5. The summed E-state index contributed by atoms with van der Waals surface area (Å²) in [5.41, 5.74) is 2.95. The molecule has 2 heterocycles. The first-order valence-electron chi connectivity index (χ1n) is 10.9. The number of hydrogen-bond acceptors (Lipinski definition) is 5. The summed E-state index contributed by atoms with van der Waals surface area (Å²) in [5, 5.41) is 12.0. The van der Waals surface area contributed by atoms with Gasteiger partial charge in [0.05, 0.1) is 31.0 Å². The Morgan fingerprint density at radius 1 is 1.20 bits per heavy atom. The lowest BCUT2D eigenvalue weighted by molar-refractivity contribution is -0.123. The number of carbonyl (C=O) groups is 2. The van der Waals surface area contributed by atoms with E-state index in [9.17, 15) is 19.2 Å². The molecular weight excluding hydrogens is 467 g/mol. The SMILES string of the molecule is COc1ccc2c(c1)[C@]1(SCCN1C(=O)Nc1cccc(F)c1)C(=O)N2Cc1cccc(C#N)c1. The average molecular weight is 489 g/mol. The molecule has 0 aliphatic carbocycles. The number of halogens is 1. The van der Waals surface area contributed by atoms with Crippen molar-refractivity contribution in [3.63, 3.8) is 0 Å². The summed E-state index contributed by atoms with van der Waals surface area (Å²) >= 11 is 1.39. The first-order valence-corrected chi connectivity index (χ1v) is 11.9. The molecule has 0 aromatic heterocycles. The van der Waals surface area contributed by atoms with E-state index in [1.165, 1.54) is 34.9 Å². The zero-order chi connectivity index (χ0) is 24.6. The van der Waals surface area contributed by atoms with Gasteiger partial charge in [-0.15, -0.1) is 11.8 Å². The summed E-state index contributed by atoms with van der Waals surface area (Å²) in [7, 11) is 1.55. The number of nitrogens with zero attached hydrogens (tertiary/aromatic N) is 3.